The molecule has 240 valence electrons. The molecule has 45 heavy (non-hydrogen) atoms. The zero-order chi connectivity index (χ0) is 32.5. The van der Waals surface area contributed by atoms with Gasteiger partial charge >= 0.3 is 0 Å². The average Bonchev–Trinajstić information content (AvgIpc) is 3.00. The van der Waals surface area contributed by atoms with Gasteiger partial charge in [-0.05, 0) is 77.1 Å². The number of ether oxygens (including phenoxy) is 2. The molecule has 0 bridgehead atoms. The number of halogens is 2. The van der Waals surface area contributed by atoms with Gasteiger partial charge in [-0.3, -0.25) is 43.6 Å². The molecule has 2 saturated heterocycles. The van der Waals surface area contributed by atoms with Gasteiger partial charge in [-0.25, -0.2) is 0 Å². The average molecular weight is 741 g/mol. The van der Waals surface area contributed by atoms with Gasteiger partial charge in [-0.15, -0.1) is 12.4 Å². The maximum atomic E-state index is 13.7. The summed E-state index contributed by atoms with van der Waals surface area (Å²) in [5.74, 6) is -7.05. The number of para-hydroxylation sites is 1. The number of nitrogens with zero attached hydrogens (tertiary/aromatic N) is 4. The van der Waals surface area contributed by atoms with Crippen LogP contribution >= 0.6 is 52.8 Å². The molecule has 2 aliphatic heterocycles. The van der Waals surface area contributed by atoms with Crippen LogP contribution in [0.15, 0.2) is 46.9 Å². The van der Waals surface area contributed by atoms with E-state index in [0.29, 0.717) is 10.2 Å². The Balaban J connectivity index is 0.00000552. The lowest BCUT2D eigenvalue weighted by Gasteiger charge is -2.43. The Labute approximate surface area is 285 Å². The number of benzene rings is 2. The van der Waals surface area contributed by atoms with Crippen LogP contribution in [0, 0.1) is 11.8 Å². The fourth-order valence-electron chi connectivity index (χ4n) is 5.10. The van der Waals surface area contributed by atoms with Crippen LogP contribution in [0.1, 0.15) is 18.4 Å². The van der Waals surface area contributed by atoms with Crippen molar-refractivity contribution in [3.63, 3.8) is 0 Å². The van der Waals surface area contributed by atoms with Crippen LogP contribution in [0.4, 0.5) is 5.69 Å². The molecule has 0 aliphatic carbocycles. The highest BCUT2D eigenvalue weighted by atomic mass is 79.9. The maximum Gasteiger partial charge on any atom is 0.262 e. The summed E-state index contributed by atoms with van der Waals surface area (Å²) >= 11 is 14.0. The molecular weight excluding hydrogens is 710 g/mol. The Morgan fingerprint density at radius 3 is 1.76 bits per heavy atom. The molecule has 4 rings (SSSR count). The van der Waals surface area contributed by atoms with Gasteiger partial charge in [0.1, 0.15) is 11.8 Å². The fourth-order valence-corrected chi connectivity index (χ4v) is 6.04. The number of nitrogens with one attached hydrogen (secondary N) is 1. The van der Waals surface area contributed by atoms with Crippen LogP contribution in [0.25, 0.3) is 0 Å². The van der Waals surface area contributed by atoms with E-state index in [9.17, 15) is 24.0 Å². The zero-order valence-electron chi connectivity index (χ0n) is 24.9. The van der Waals surface area contributed by atoms with E-state index in [0.717, 1.165) is 19.6 Å². The van der Waals surface area contributed by atoms with E-state index >= 15 is 0 Å². The molecule has 1 N–H and O–H groups in total. The van der Waals surface area contributed by atoms with Gasteiger partial charge in [0.25, 0.3) is 5.91 Å². The second kappa shape index (κ2) is 14.6. The topological polar surface area (TPSA) is 129 Å². The third-order valence-corrected chi connectivity index (χ3v) is 9.06. The monoisotopic (exact) mass is 739 g/mol. The van der Waals surface area contributed by atoms with E-state index in [1.807, 2.05) is 6.07 Å². The van der Waals surface area contributed by atoms with Crippen molar-refractivity contribution in [2.24, 2.45) is 11.8 Å². The van der Waals surface area contributed by atoms with Crippen molar-refractivity contribution in [1.82, 2.24) is 19.6 Å². The Morgan fingerprint density at radius 1 is 0.844 bits per heavy atom. The molecule has 2 aromatic carbocycles. The van der Waals surface area contributed by atoms with Crippen LogP contribution in [-0.2, 0) is 24.0 Å². The first kappa shape index (κ1) is 35.8. The molecule has 0 atom stereocenters. The standard InChI is InChI=1S/C29H30BrN5O7S2.ClH/c1-6-41-18-13-15(12-17(30)23(18)42-14-19(36)31-16-10-8-7-9-11-16)20(21-24(37)32(2)28(43)33(3)25(21)38)22-26(39)34(4)29(44)35(5)27(22)40;/h7-13,20-22H,6,14H2,1-5H3,(H,31,36);1H. The quantitative estimate of drug-likeness (QED) is 0.305. The largest absolute Gasteiger partial charge is 0.490 e. The van der Waals surface area contributed by atoms with Gasteiger partial charge in [0.2, 0.25) is 23.6 Å². The first-order valence-electron chi connectivity index (χ1n) is 13.4. The second-order valence-electron chi connectivity index (χ2n) is 10.1. The van der Waals surface area contributed by atoms with E-state index in [1.54, 1.807) is 37.3 Å². The van der Waals surface area contributed by atoms with E-state index in [4.69, 9.17) is 33.9 Å². The number of carbonyl (C=O) groups excluding carboxylic acids is 5. The zero-order valence-corrected chi connectivity index (χ0v) is 29.0. The highest BCUT2D eigenvalue weighted by Gasteiger charge is 2.54. The summed E-state index contributed by atoms with van der Waals surface area (Å²) in [6.07, 6.45) is 0. The van der Waals surface area contributed by atoms with Crippen molar-refractivity contribution >= 4 is 98.2 Å². The Hall–Kier alpha value is -3.66. The van der Waals surface area contributed by atoms with Crippen molar-refractivity contribution in [3.05, 3.63) is 52.5 Å². The number of thiocarbonyl (C=S) groups is 2. The molecule has 0 spiro atoms. The Kier molecular flexibility index (Phi) is 11.6. The summed E-state index contributed by atoms with van der Waals surface area (Å²) in [4.78, 5) is 71.9. The minimum absolute atomic E-state index is 0. The Bertz CT molecular complexity index is 1460. The second-order valence-corrected chi connectivity index (χ2v) is 11.7. The van der Waals surface area contributed by atoms with Gasteiger partial charge in [0.15, 0.2) is 28.3 Å². The molecule has 16 heteroatoms. The summed E-state index contributed by atoms with van der Waals surface area (Å²) in [6, 6.07) is 11.9. The van der Waals surface area contributed by atoms with Crippen molar-refractivity contribution in [2.75, 3.05) is 46.7 Å². The van der Waals surface area contributed by atoms with Crippen molar-refractivity contribution in [1.29, 1.82) is 0 Å². The fraction of sp³-hybridized carbons (Fsp3) is 0.345. The maximum absolute atomic E-state index is 13.7. The van der Waals surface area contributed by atoms with Gasteiger partial charge in [0, 0.05) is 39.8 Å². The number of hydrogen-bond acceptors (Lipinski definition) is 9. The normalized spacial score (nSPS) is 16.4. The van der Waals surface area contributed by atoms with E-state index in [1.165, 1.54) is 34.3 Å². The van der Waals surface area contributed by atoms with Gasteiger partial charge < -0.3 is 14.8 Å². The molecule has 0 radical (unpaired) electrons. The molecule has 2 aromatic rings. The first-order valence-corrected chi connectivity index (χ1v) is 15.0. The molecule has 0 unspecified atom stereocenters. The van der Waals surface area contributed by atoms with Crippen molar-refractivity contribution < 1.29 is 33.4 Å². The molecule has 2 aliphatic rings. The van der Waals surface area contributed by atoms with Crippen LogP contribution in [0.3, 0.4) is 0 Å². The summed E-state index contributed by atoms with van der Waals surface area (Å²) in [5.41, 5.74) is 0.861. The summed E-state index contributed by atoms with van der Waals surface area (Å²) in [7, 11) is 5.70. The molecule has 0 saturated carbocycles. The third kappa shape index (κ3) is 6.95. The molecule has 12 nitrogen and oxygen atoms in total. The third-order valence-electron chi connectivity index (χ3n) is 7.37. The lowest BCUT2D eigenvalue weighted by molar-refractivity contribution is -0.152. The predicted octanol–water partition coefficient (Wildman–Crippen LogP) is 3.03. The van der Waals surface area contributed by atoms with E-state index < -0.39 is 47.3 Å². The van der Waals surface area contributed by atoms with Gasteiger partial charge in [0.05, 0.1) is 11.1 Å². The van der Waals surface area contributed by atoms with Gasteiger partial charge in [-0.2, -0.15) is 0 Å². The lowest BCUT2D eigenvalue weighted by Crippen LogP contribution is -2.63. The number of rotatable bonds is 9. The smallest absolute Gasteiger partial charge is 0.262 e. The highest BCUT2D eigenvalue weighted by Crippen LogP contribution is 2.45. The molecule has 2 fully saturated rings. The minimum atomic E-state index is -1.49. The SMILES string of the molecule is CCOc1cc(C(C2C(=O)N(C)C(=S)N(C)C2=O)C2C(=O)N(C)C(=S)N(C)C2=O)cc(Br)c1OCC(=O)Nc1ccccc1.Cl. The Morgan fingerprint density at radius 2 is 1.31 bits per heavy atom. The minimum Gasteiger partial charge on any atom is -0.490 e. The van der Waals surface area contributed by atoms with Crippen LogP contribution in [0.2, 0.25) is 0 Å². The van der Waals surface area contributed by atoms with Gasteiger partial charge in [-0.1, -0.05) is 18.2 Å². The molecule has 2 heterocycles. The highest BCUT2D eigenvalue weighted by molar-refractivity contribution is 9.10. The number of anilines is 1. The lowest BCUT2D eigenvalue weighted by atomic mass is 9.73. The van der Waals surface area contributed by atoms with E-state index in [-0.39, 0.29) is 52.9 Å². The van der Waals surface area contributed by atoms with Crippen LogP contribution < -0.4 is 14.8 Å². The molecule has 5 amide bonds. The van der Waals surface area contributed by atoms with Crippen molar-refractivity contribution in [2.45, 2.75) is 12.8 Å². The predicted molar refractivity (Wildman–Crippen MR) is 179 cm³/mol. The van der Waals surface area contributed by atoms with Crippen molar-refractivity contribution in [3.8, 4) is 11.5 Å². The number of amides is 5. The summed E-state index contributed by atoms with van der Waals surface area (Å²) in [6.45, 7) is 1.56. The molecular formula is C29H31BrClN5O7S2. The first-order chi connectivity index (χ1) is 20.8. The summed E-state index contributed by atoms with van der Waals surface area (Å²) < 4.78 is 12.0. The van der Waals surface area contributed by atoms with Crippen LogP contribution in [-0.4, -0.2) is 101 Å². The number of hydrogen-bond donors (Lipinski definition) is 1. The number of carbonyl (C=O) groups is 5. The molecule has 0 aromatic heterocycles. The van der Waals surface area contributed by atoms with E-state index in [2.05, 4.69) is 21.2 Å². The summed E-state index contributed by atoms with van der Waals surface area (Å²) in [5, 5.41) is 2.71. The van der Waals surface area contributed by atoms with Crippen LogP contribution in [0.5, 0.6) is 11.5 Å².